The van der Waals surface area contributed by atoms with Crippen LogP contribution in [-0.2, 0) is 11.3 Å². The van der Waals surface area contributed by atoms with Gasteiger partial charge in [-0.25, -0.2) is 4.39 Å². The molecule has 2 aromatic heterocycles. The van der Waals surface area contributed by atoms with Gasteiger partial charge in [-0.15, -0.1) is 11.3 Å². The van der Waals surface area contributed by atoms with Crippen molar-refractivity contribution < 1.29 is 13.6 Å². The Hall–Kier alpha value is -3.24. The standard InChI is InChI=1S/C22H19FN2O3S/c1-22(2,3)19(26)17(12-24)21-25(13-14-6-8-15(23)9-7-14)20(27)18(29-21)11-16-5-4-10-28-16/h4-11H,13H2,1-3H3. The fourth-order valence-electron chi connectivity index (χ4n) is 2.69. The van der Waals surface area contributed by atoms with E-state index < -0.39 is 5.41 Å². The number of Topliss-reactive ketones (excluding diaryl/α,β-unsaturated/α-hetero) is 1. The molecule has 0 saturated heterocycles. The number of benzene rings is 1. The lowest BCUT2D eigenvalue weighted by atomic mass is 9.87. The molecule has 0 amide bonds. The summed E-state index contributed by atoms with van der Waals surface area (Å²) < 4.78 is 20.5. The Bertz CT molecular complexity index is 1250. The first kappa shape index (κ1) is 20.5. The molecule has 0 saturated carbocycles. The summed E-state index contributed by atoms with van der Waals surface area (Å²) >= 11 is 1.06. The SMILES string of the molecule is CC(C)(C)C(=O)C(C#N)=c1sc(=Cc2ccco2)c(=O)n1Cc1ccc(F)cc1. The number of rotatable bonds is 4. The van der Waals surface area contributed by atoms with Crippen molar-refractivity contribution in [3.63, 3.8) is 0 Å². The lowest BCUT2D eigenvalue weighted by molar-refractivity contribution is -0.120. The molecular weight excluding hydrogens is 391 g/mol. The second kappa shape index (κ2) is 8.02. The maximum absolute atomic E-state index is 13.2. The van der Waals surface area contributed by atoms with E-state index in [9.17, 15) is 19.2 Å². The number of hydrogen-bond donors (Lipinski definition) is 0. The van der Waals surface area contributed by atoms with E-state index in [2.05, 4.69) is 0 Å². The topological polar surface area (TPSA) is 76.0 Å². The van der Waals surface area contributed by atoms with Gasteiger partial charge in [0.05, 0.1) is 17.3 Å². The molecule has 0 aliphatic heterocycles. The van der Waals surface area contributed by atoms with Gasteiger partial charge in [-0.05, 0) is 29.8 Å². The zero-order valence-electron chi connectivity index (χ0n) is 16.2. The first-order valence-electron chi connectivity index (χ1n) is 8.89. The van der Waals surface area contributed by atoms with Gasteiger partial charge in [0.2, 0.25) is 0 Å². The molecule has 0 bridgehead atoms. The molecule has 0 atom stereocenters. The maximum Gasteiger partial charge on any atom is 0.269 e. The van der Waals surface area contributed by atoms with Crippen LogP contribution in [0.1, 0.15) is 32.1 Å². The summed E-state index contributed by atoms with van der Waals surface area (Å²) in [6.07, 6.45) is 3.07. The fraction of sp³-hybridized carbons (Fsp3) is 0.227. The van der Waals surface area contributed by atoms with Crippen LogP contribution >= 0.6 is 11.3 Å². The third kappa shape index (κ3) is 4.44. The van der Waals surface area contributed by atoms with E-state index in [1.165, 1.54) is 23.0 Å². The number of furan rings is 1. The highest BCUT2D eigenvalue weighted by Crippen LogP contribution is 2.19. The molecule has 0 aliphatic rings. The lowest BCUT2D eigenvalue weighted by Gasteiger charge is -2.15. The average molecular weight is 410 g/mol. The van der Waals surface area contributed by atoms with Crippen LogP contribution in [-0.4, -0.2) is 10.4 Å². The van der Waals surface area contributed by atoms with Crippen molar-refractivity contribution in [2.75, 3.05) is 0 Å². The summed E-state index contributed by atoms with van der Waals surface area (Å²) in [5, 5.41) is 9.70. The van der Waals surface area contributed by atoms with Crippen molar-refractivity contribution in [3.05, 3.63) is 79.4 Å². The van der Waals surface area contributed by atoms with Crippen LogP contribution in [0.5, 0.6) is 0 Å². The number of carbonyl (C=O) groups is 1. The molecule has 3 aromatic rings. The van der Waals surface area contributed by atoms with Crippen LogP contribution in [0.15, 0.2) is 51.9 Å². The molecule has 7 heteroatoms. The number of nitrogens with zero attached hydrogens (tertiary/aromatic N) is 2. The lowest BCUT2D eigenvalue weighted by Crippen LogP contribution is -2.34. The van der Waals surface area contributed by atoms with Gasteiger partial charge in [0, 0.05) is 11.5 Å². The second-order valence-corrected chi connectivity index (χ2v) is 8.55. The van der Waals surface area contributed by atoms with Gasteiger partial charge in [0.15, 0.2) is 5.78 Å². The molecule has 0 aliphatic carbocycles. The van der Waals surface area contributed by atoms with E-state index in [1.807, 2.05) is 6.07 Å². The van der Waals surface area contributed by atoms with Crippen molar-refractivity contribution >= 4 is 28.8 Å². The van der Waals surface area contributed by atoms with Gasteiger partial charge in [0.1, 0.15) is 27.9 Å². The van der Waals surface area contributed by atoms with Crippen molar-refractivity contribution in [2.24, 2.45) is 5.41 Å². The van der Waals surface area contributed by atoms with Crippen molar-refractivity contribution in [1.29, 1.82) is 5.26 Å². The van der Waals surface area contributed by atoms with Crippen molar-refractivity contribution in [2.45, 2.75) is 27.3 Å². The summed E-state index contributed by atoms with van der Waals surface area (Å²) in [6, 6.07) is 11.1. The summed E-state index contributed by atoms with van der Waals surface area (Å²) in [6.45, 7) is 5.27. The largest absolute Gasteiger partial charge is 0.465 e. The number of hydrogen-bond acceptors (Lipinski definition) is 5. The first-order chi connectivity index (χ1) is 13.7. The minimum absolute atomic E-state index is 0.0687. The highest BCUT2D eigenvalue weighted by Gasteiger charge is 2.27. The summed E-state index contributed by atoms with van der Waals surface area (Å²) in [4.78, 5) is 25.9. The smallest absolute Gasteiger partial charge is 0.269 e. The molecule has 0 radical (unpaired) electrons. The van der Waals surface area contributed by atoms with Crippen LogP contribution in [0.25, 0.3) is 11.6 Å². The monoisotopic (exact) mass is 410 g/mol. The number of thiazole rings is 1. The Morgan fingerprint density at radius 2 is 1.97 bits per heavy atom. The molecular formula is C22H19FN2O3S. The van der Waals surface area contributed by atoms with Gasteiger partial charge in [-0.2, -0.15) is 5.26 Å². The van der Waals surface area contributed by atoms with E-state index in [1.54, 1.807) is 51.1 Å². The zero-order chi connectivity index (χ0) is 21.2. The van der Waals surface area contributed by atoms with E-state index in [0.29, 0.717) is 15.9 Å². The first-order valence-corrected chi connectivity index (χ1v) is 9.71. The van der Waals surface area contributed by atoms with Gasteiger partial charge in [0.25, 0.3) is 5.56 Å². The van der Waals surface area contributed by atoms with E-state index in [0.717, 1.165) is 11.3 Å². The maximum atomic E-state index is 13.2. The van der Waals surface area contributed by atoms with Crippen LogP contribution in [0.3, 0.4) is 0 Å². The third-order valence-electron chi connectivity index (χ3n) is 4.21. The Labute approximate surface area is 170 Å². The average Bonchev–Trinajstić information content (AvgIpc) is 3.28. The Balaban J connectivity index is 2.30. The Morgan fingerprint density at radius 1 is 1.28 bits per heavy atom. The highest BCUT2D eigenvalue weighted by molar-refractivity contribution is 7.07. The van der Waals surface area contributed by atoms with E-state index >= 15 is 0 Å². The van der Waals surface area contributed by atoms with Gasteiger partial charge < -0.3 is 4.42 Å². The summed E-state index contributed by atoms with van der Waals surface area (Å²) in [5.41, 5.74) is -0.518. The van der Waals surface area contributed by atoms with Crippen LogP contribution in [0.4, 0.5) is 4.39 Å². The Morgan fingerprint density at radius 3 is 2.52 bits per heavy atom. The van der Waals surface area contributed by atoms with Gasteiger partial charge in [-0.3, -0.25) is 14.2 Å². The van der Waals surface area contributed by atoms with Crippen molar-refractivity contribution in [1.82, 2.24) is 4.57 Å². The molecule has 0 unspecified atom stereocenters. The minimum atomic E-state index is -0.781. The number of halogens is 1. The minimum Gasteiger partial charge on any atom is -0.465 e. The highest BCUT2D eigenvalue weighted by atomic mass is 32.1. The third-order valence-corrected chi connectivity index (χ3v) is 5.34. The predicted octanol–water partition coefficient (Wildman–Crippen LogP) is 2.81. The summed E-state index contributed by atoms with van der Waals surface area (Å²) in [7, 11) is 0. The summed E-state index contributed by atoms with van der Waals surface area (Å²) in [5.74, 6) is -0.242. The number of carbonyl (C=O) groups excluding carboxylic acids is 1. The van der Waals surface area contributed by atoms with Gasteiger partial charge in [-0.1, -0.05) is 32.9 Å². The molecule has 29 heavy (non-hydrogen) atoms. The zero-order valence-corrected chi connectivity index (χ0v) is 17.0. The number of nitriles is 1. The number of ketones is 1. The normalized spacial score (nSPS) is 13.3. The molecule has 2 heterocycles. The molecule has 0 spiro atoms. The predicted molar refractivity (Wildman–Crippen MR) is 109 cm³/mol. The molecule has 5 nitrogen and oxygen atoms in total. The van der Waals surface area contributed by atoms with E-state index in [-0.39, 0.29) is 33.9 Å². The van der Waals surface area contributed by atoms with E-state index in [4.69, 9.17) is 4.42 Å². The van der Waals surface area contributed by atoms with Crippen LogP contribution in [0.2, 0.25) is 0 Å². The molecule has 3 rings (SSSR count). The number of aromatic nitrogens is 1. The molecule has 1 aromatic carbocycles. The molecule has 148 valence electrons. The molecule has 0 N–H and O–H groups in total. The van der Waals surface area contributed by atoms with Crippen LogP contribution in [0, 0.1) is 22.6 Å². The quantitative estimate of drug-likeness (QED) is 0.663. The van der Waals surface area contributed by atoms with Crippen LogP contribution < -0.4 is 14.8 Å². The Kier molecular flexibility index (Phi) is 5.66. The molecule has 0 fully saturated rings. The second-order valence-electron chi connectivity index (χ2n) is 7.51. The van der Waals surface area contributed by atoms with Gasteiger partial charge >= 0.3 is 0 Å². The fourth-order valence-corrected chi connectivity index (χ4v) is 3.77. The van der Waals surface area contributed by atoms with Crippen molar-refractivity contribution in [3.8, 4) is 6.07 Å².